The topological polar surface area (TPSA) is 72.2 Å². The molecule has 1 atom stereocenters. The van der Waals surface area contributed by atoms with Crippen molar-refractivity contribution in [2.75, 3.05) is 5.32 Å². The molecule has 3 aromatic rings. The highest BCUT2D eigenvalue weighted by Crippen LogP contribution is 2.20. The van der Waals surface area contributed by atoms with Gasteiger partial charge in [0, 0.05) is 11.9 Å². The smallest absolute Gasteiger partial charge is 0.254 e. The van der Waals surface area contributed by atoms with Crippen LogP contribution in [0.3, 0.4) is 0 Å². The first-order valence-electron chi connectivity index (χ1n) is 7.23. The number of nitrogens with zero attached hydrogens (tertiary/aromatic N) is 4. The molecule has 0 fully saturated rings. The number of rotatable bonds is 4. The highest BCUT2D eigenvalue weighted by Gasteiger charge is 2.20. The van der Waals surface area contributed by atoms with Crippen LogP contribution in [0.1, 0.15) is 30.5 Å². The van der Waals surface area contributed by atoms with Crippen molar-refractivity contribution in [3.8, 4) is 0 Å². The zero-order chi connectivity index (χ0) is 15.5. The number of carbonyl (C=O) groups excluding carboxylic acids is 1. The van der Waals surface area contributed by atoms with E-state index in [9.17, 15) is 4.79 Å². The minimum absolute atomic E-state index is 0.109. The van der Waals surface area contributed by atoms with Crippen LogP contribution < -0.4 is 5.32 Å². The molecule has 1 aromatic carbocycles. The van der Waals surface area contributed by atoms with Gasteiger partial charge in [-0.2, -0.15) is 9.50 Å². The van der Waals surface area contributed by atoms with Crippen molar-refractivity contribution < 1.29 is 4.79 Å². The molecule has 2 aromatic heterocycles. The van der Waals surface area contributed by atoms with Gasteiger partial charge in [0.05, 0.1) is 5.92 Å². The van der Waals surface area contributed by atoms with Crippen molar-refractivity contribution in [3.63, 3.8) is 0 Å². The van der Waals surface area contributed by atoms with E-state index in [0.717, 1.165) is 11.3 Å². The van der Waals surface area contributed by atoms with Gasteiger partial charge in [-0.3, -0.25) is 10.1 Å². The van der Waals surface area contributed by atoms with Crippen molar-refractivity contribution in [1.82, 2.24) is 19.6 Å². The standard InChI is InChI=1S/C16H17N5O/c1-3-13(12-7-5-4-6-8-12)14(22)18-15-19-16-17-10-9-11(2)21(16)20-15/h4-10,13H,3H2,1-2H3,(H,18,20,22)/t13-/m0/s1. The third kappa shape index (κ3) is 2.67. The van der Waals surface area contributed by atoms with E-state index in [2.05, 4.69) is 20.4 Å². The van der Waals surface area contributed by atoms with Crippen LogP contribution >= 0.6 is 0 Å². The van der Waals surface area contributed by atoms with Crippen molar-refractivity contribution in [1.29, 1.82) is 0 Å². The highest BCUT2D eigenvalue weighted by molar-refractivity contribution is 5.94. The third-order valence-corrected chi connectivity index (χ3v) is 3.59. The van der Waals surface area contributed by atoms with Crippen LogP contribution in [-0.4, -0.2) is 25.5 Å². The predicted molar refractivity (Wildman–Crippen MR) is 83.6 cm³/mol. The molecule has 6 heteroatoms. The first-order valence-corrected chi connectivity index (χ1v) is 7.23. The Kier molecular flexibility index (Phi) is 3.82. The van der Waals surface area contributed by atoms with E-state index in [-0.39, 0.29) is 17.8 Å². The molecule has 112 valence electrons. The second-order valence-electron chi connectivity index (χ2n) is 5.09. The van der Waals surface area contributed by atoms with E-state index in [1.807, 2.05) is 50.2 Å². The molecular formula is C16H17N5O. The summed E-state index contributed by atoms with van der Waals surface area (Å²) in [6.45, 7) is 3.90. The molecule has 0 bridgehead atoms. The van der Waals surface area contributed by atoms with Crippen molar-refractivity contribution >= 4 is 17.6 Å². The Labute approximate surface area is 128 Å². The van der Waals surface area contributed by atoms with Gasteiger partial charge in [0.1, 0.15) is 0 Å². The number of fused-ring (bicyclic) bond motifs is 1. The number of benzene rings is 1. The average molecular weight is 295 g/mol. The third-order valence-electron chi connectivity index (χ3n) is 3.59. The molecule has 1 amide bonds. The van der Waals surface area contributed by atoms with Gasteiger partial charge in [-0.05, 0) is 25.0 Å². The Morgan fingerprint density at radius 1 is 1.27 bits per heavy atom. The summed E-state index contributed by atoms with van der Waals surface area (Å²) in [4.78, 5) is 20.8. The fraction of sp³-hybridized carbons (Fsp3) is 0.250. The average Bonchev–Trinajstić information content (AvgIpc) is 2.93. The lowest BCUT2D eigenvalue weighted by atomic mass is 9.96. The molecule has 0 aliphatic heterocycles. The first kappa shape index (κ1) is 14.2. The van der Waals surface area contributed by atoms with E-state index in [0.29, 0.717) is 12.2 Å². The minimum Gasteiger partial charge on any atom is -0.293 e. The van der Waals surface area contributed by atoms with Crippen LogP contribution in [0.4, 0.5) is 5.95 Å². The first-order chi connectivity index (χ1) is 10.7. The molecule has 0 aliphatic rings. The van der Waals surface area contributed by atoms with Gasteiger partial charge in [0.15, 0.2) is 0 Å². The number of hydrogen-bond acceptors (Lipinski definition) is 4. The van der Waals surface area contributed by atoms with Crippen LogP contribution in [0.2, 0.25) is 0 Å². The van der Waals surface area contributed by atoms with E-state index in [1.54, 1.807) is 10.7 Å². The molecule has 1 N–H and O–H groups in total. The van der Waals surface area contributed by atoms with Crippen LogP contribution in [0, 0.1) is 6.92 Å². The summed E-state index contributed by atoms with van der Waals surface area (Å²) in [6, 6.07) is 11.6. The molecule has 0 saturated carbocycles. The van der Waals surface area contributed by atoms with Crippen LogP contribution in [0.5, 0.6) is 0 Å². The maximum atomic E-state index is 12.5. The van der Waals surface area contributed by atoms with Crippen molar-refractivity contribution in [2.24, 2.45) is 0 Å². The van der Waals surface area contributed by atoms with Gasteiger partial charge < -0.3 is 0 Å². The summed E-state index contributed by atoms with van der Waals surface area (Å²) in [5.41, 5.74) is 1.90. The lowest BCUT2D eigenvalue weighted by Gasteiger charge is -2.13. The summed E-state index contributed by atoms with van der Waals surface area (Å²) >= 11 is 0. The Morgan fingerprint density at radius 2 is 2.05 bits per heavy atom. The number of carbonyl (C=O) groups is 1. The number of hydrogen-bond donors (Lipinski definition) is 1. The van der Waals surface area contributed by atoms with Crippen molar-refractivity contribution in [2.45, 2.75) is 26.2 Å². The van der Waals surface area contributed by atoms with Crippen LogP contribution in [0.25, 0.3) is 5.78 Å². The van der Waals surface area contributed by atoms with Gasteiger partial charge in [-0.15, -0.1) is 5.10 Å². The summed E-state index contributed by atoms with van der Waals surface area (Å²) in [5, 5.41) is 7.06. The molecule has 22 heavy (non-hydrogen) atoms. The molecular weight excluding hydrogens is 278 g/mol. The number of nitrogens with one attached hydrogen (secondary N) is 1. The number of aryl methyl sites for hydroxylation is 1. The SMILES string of the molecule is CC[C@H](C(=O)Nc1nc2nccc(C)n2n1)c1ccccc1. The van der Waals surface area contributed by atoms with E-state index >= 15 is 0 Å². The fourth-order valence-electron chi connectivity index (χ4n) is 2.41. The zero-order valence-electron chi connectivity index (χ0n) is 12.5. The van der Waals surface area contributed by atoms with Crippen LogP contribution in [-0.2, 0) is 4.79 Å². The summed E-state index contributed by atoms with van der Waals surface area (Å²) in [6.07, 6.45) is 2.38. The Morgan fingerprint density at radius 3 is 2.73 bits per heavy atom. The van der Waals surface area contributed by atoms with E-state index < -0.39 is 0 Å². The van der Waals surface area contributed by atoms with Gasteiger partial charge in [0.2, 0.25) is 5.91 Å². The molecule has 3 rings (SSSR count). The summed E-state index contributed by atoms with van der Waals surface area (Å²) < 4.78 is 1.61. The highest BCUT2D eigenvalue weighted by atomic mass is 16.2. The van der Waals surface area contributed by atoms with Gasteiger partial charge >= 0.3 is 0 Å². The molecule has 0 aliphatic carbocycles. The molecule has 0 saturated heterocycles. The number of anilines is 1. The fourth-order valence-corrected chi connectivity index (χ4v) is 2.41. The maximum Gasteiger partial charge on any atom is 0.254 e. The van der Waals surface area contributed by atoms with Crippen LogP contribution in [0.15, 0.2) is 42.6 Å². The second-order valence-corrected chi connectivity index (χ2v) is 5.09. The molecule has 0 radical (unpaired) electrons. The monoisotopic (exact) mass is 295 g/mol. The van der Waals surface area contributed by atoms with Crippen molar-refractivity contribution in [3.05, 3.63) is 53.9 Å². The Hall–Kier alpha value is -2.76. The van der Waals surface area contributed by atoms with Gasteiger partial charge in [-0.25, -0.2) is 4.98 Å². The van der Waals surface area contributed by atoms with E-state index in [1.165, 1.54) is 0 Å². The summed E-state index contributed by atoms with van der Waals surface area (Å²) in [5.74, 6) is 0.424. The lowest BCUT2D eigenvalue weighted by molar-refractivity contribution is -0.117. The predicted octanol–water partition coefficient (Wildman–Crippen LogP) is 2.57. The quantitative estimate of drug-likeness (QED) is 0.803. The molecule has 2 heterocycles. The van der Waals surface area contributed by atoms with Gasteiger partial charge in [0.25, 0.3) is 11.7 Å². The summed E-state index contributed by atoms with van der Waals surface area (Å²) in [7, 11) is 0. The zero-order valence-corrected chi connectivity index (χ0v) is 12.5. The molecule has 6 nitrogen and oxygen atoms in total. The minimum atomic E-state index is -0.220. The number of amides is 1. The largest absolute Gasteiger partial charge is 0.293 e. The Balaban J connectivity index is 1.84. The normalized spacial score (nSPS) is 12.3. The van der Waals surface area contributed by atoms with Gasteiger partial charge in [-0.1, -0.05) is 37.3 Å². The maximum absolute atomic E-state index is 12.5. The molecule has 0 spiro atoms. The van der Waals surface area contributed by atoms with E-state index in [4.69, 9.17) is 0 Å². The Bertz CT molecular complexity index is 797. The lowest BCUT2D eigenvalue weighted by Crippen LogP contribution is -2.21. The molecule has 0 unspecified atom stereocenters. The second kappa shape index (κ2) is 5.93. The number of aromatic nitrogens is 4.